The minimum Gasteiger partial charge on any atom is -0.341 e. The highest BCUT2D eigenvalue weighted by Gasteiger charge is 2.29. The molecule has 0 aliphatic heterocycles. The number of hydrogen-bond acceptors (Lipinski definition) is 3. The number of amides is 3. The first-order valence-electron chi connectivity index (χ1n) is 8.60. The maximum absolute atomic E-state index is 12.3. The van der Waals surface area contributed by atoms with E-state index in [1.807, 2.05) is 6.07 Å². The molecule has 3 rings (SSSR count). The van der Waals surface area contributed by atoms with Crippen LogP contribution in [0.5, 0.6) is 0 Å². The van der Waals surface area contributed by atoms with Gasteiger partial charge in [0.25, 0.3) is 5.91 Å². The number of nitrogens with one attached hydrogen (secondary N) is 3. The summed E-state index contributed by atoms with van der Waals surface area (Å²) in [4.78, 5) is 36.3. The smallest absolute Gasteiger partial charge is 0.251 e. The molecule has 0 spiro atoms. The van der Waals surface area contributed by atoms with Gasteiger partial charge in [-0.05, 0) is 50.1 Å². The third-order valence-corrected chi connectivity index (χ3v) is 4.12. The fraction of sp³-hybridized carbons (Fsp3) is 0.250. The van der Waals surface area contributed by atoms with Gasteiger partial charge in [0.15, 0.2) is 0 Å². The van der Waals surface area contributed by atoms with Crippen molar-refractivity contribution in [1.82, 2.24) is 5.32 Å². The molecule has 0 radical (unpaired) electrons. The quantitative estimate of drug-likeness (QED) is 0.748. The lowest BCUT2D eigenvalue weighted by molar-refractivity contribution is -0.118. The van der Waals surface area contributed by atoms with Crippen molar-refractivity contribution in [2.75, 3.05) is 10.6 Å². The van der Waals surface area contributed by atoms with E-state index >= 15 is 0 Å². The van der Waals surface area contributed by atoms with Crippen LogP contribution in [0.15, 0.2) is 54.6 Å². The van der Waals surface area contributed by atoms with E-state index in [9.17, 15) is 14.4 Å². The Morgan fingerprint density at radius 3 is 2.23 bits per heavy atom. The van der Waals surface area contributed by atoms with Crippen LogP contribution in [0.2, 0.25) is 0 Å². The molecular weight excluding hydrogens is 330 g/mol. The summed E-state index contributed by atoms with van der Waals surface area (Å²) in [6.07, 6.45) is 1.86. The van der Waals surface area contributed by atoms with E-state index < -0.39 is 6.04 Å². The van der Waals surface area contributed by atoms with E-state index in [-0.39, 0.29) is 23.6 Å². The van der Waals surface area contributed by atoms with Gasteiger partial charge in [0, 0.05) is 22.9 Å². The van der Waals surface area contributed by atoms with Gasteiger partial charge in [0.1, 0.15) is 6.04 Å². The van der Waals surface area contributed by atoms with E-state index in [0.29, 0.717) is 16.9 Å². The van der Waals surface area contributed by atoms with E-state index in [2.05, 4.69) is 16.0 Å². The number of benzene rings is 2. The van der Waals surface area contributed by atoms with Gasteiger partial charge in [-0.3, -0.25) is 14.4 Å². The van der Waals surface area contributed by atoms with Gasteiger partial charge in [-0.15, -0.1) is 0 Å². The molecule has 0 bridgehead atoms. The zero-order chi connectivity index (χ0) is 18.5. The maximum Gasteiger partial charge on any atom is 0.251 e. The standard InChI is InChI=1S/C20H21N3O3/c1-13(21-19(25)14-6-3-2-4-7-14)18(24)22-16-8-5-9-17(12-16)23-20(26)15-10-11-15/h2-9,12-13,15H,10-11H2,1H3,(H,21,25)(H,22,24)(H,23,26). The normalized spacial score (nSPS) is 14.2. The molecule has 6 heteroatoms. The molecular formula is C20H21N3O3. The minimum atomic E-state index is -0.701. The molecule has 1 aliphatic carbocycles. The van der Waals surface area contributed by atoms with Gasteiger partial charge in [0.2, 0.25) is 11.8 Å². The third kappa shape index (κ3) is 4.69. The maximum atomic E-state index is 12.3. The van der Waals surface area contributed by atoms with Crippen LogP contribution in [-0.2, 0) is 9.59 Å². The summed E-state index contributed by atoms with van der Waals surface area (Å²) in [5.41, 5.74) is 1.70. The predicted molar refractivity (Wildman–Crippen MR) is 99.8 cm³/mol. The van der Waals surface area contributed by atoms with Crippen molar-refractivity contribution >= 4 is 29.1 Å². The zero-order valence-electron chi connectivity index (χ0n) is 14.5. The number of carbonyl (C=O) groups excluding carboxylic acids is 3. The fourth-order valence-electron chi connectivity index (χ4n) is 2.45. The van der Waals surface area contributed by atoms with Crippen LogP contribution < -0.4 is 16.0 Å². The molecule has 2 aromatic carbocycles. The Labute approximate surface area is 152 Å². The summed E-state index contributed by atoms with van der Waals surface area (Å²) in [6.45, 7) is 1.62. The lowest BCUT2D eigenvalue weighted by Gasteiger charge is -2.15. The van der Waals surface area contributed by atoms with Crippen molar-refractivity contribution in [3.63, 3.8) is 0 Å². The number of hydrogen-bond donors (Lipinski definition) is 3. The summed E-state index contributed by atoms with van der Waals surface area (Å²) in [5.74, 6) is -0.517. The largest absolute Gasteiger partial charge is 0.341 e. The summed E-state index contributed by atoms with van der Waals surface area (Å²) < 4.78 is 0. The van der Waals surface area contributed by atoms with Crippen LogP contribution in [-0.4, -0.2) is 23.8 Å². The Hall–Kier alpha value is -3.15. The second kappa shape index (κ2) is 7.82. The van der Waals surface area contributed by atoms with Crippen molar-refractivity contribution < 1.29 is 14.4 Å². The van der Waals surface area contributed by atoms with Gasteiger partial charge in [-0.25, -0.2) is 0 Å². The van der Waals surface area contributed by atoms with Crippen molar-refractivity contribution in [3.8, 4) is 0 Å². The highest BCUT2D eigenvalue weighted by molar-refractivity contribution is 6.01. The van der Waals surface area contributed by atoms with E-state index in [1.165, 1.54) is 0 Å². The highest BCUT2D eigenvalue weighted by Crippen LogP contribution is 2.30. The molecule has 0 saturated heterocycles. The third-order valence-electron chi connectivity index (χ3n) is 4.12. The first kappa shape index (κ1) is 17.7. The first-order valence-corrected chi connectivity index (χ1v) is 8.60. The van der Waals surface area contributed by atoms with Gasteiger partial charge in [0.05, 0.1) is 0 Å². The predicted octanol–water partition coefficient (Wildman–Crippen LogP) is 2.79. The fourth-order valence-corrected chi connectivity index (χ4v) is 2.45. The Morgan fingerprint density at radius 2 is 1.58 bits per heavy atom. The Bertz CT molecular complexity index is 816. The molecule has 0 heterocycles. The van der Waals surface area contributed by atoms with Crippen LogP contribution in [0.1, 0.15) is 30.1 Å². The molecule has 1 unspecified atom stereocenters. The molecule has 6 nitrogen and oxygen atoms in total. The average molecular weight is 351 g/mol. The lowest BCUT2D eigenvalue weighted by atomic mass is 10.2. The van der Waals surface area contributed by atoms with Crippen LogP contribution in [0, 0.1) is 5.92 Å². The van der Waals surface area contributed by atoms with Crippen molar-refractivity contribution in [2.24, 2.45) is 5.92 Å². The summed E-state index contributed by atoms with van der Waals surface area (Å²) in [7, 11) is 0. The molecule has 3 amide bonds. The van der Waals surface area contributed by atoms with Crippen molar-refractivity contribution in [1.29, 1.82) is 0 Å². The number of anilines is 2. The van der Waals surface area contributed by atoms with E-state index in [4.69, 9.17) is 0 Å². The second-order valence-electron chi connectivity index (χ2n) is 6.39. The summed E-state index contributed by atoms with van der Waals surface area (Å²) in [5, 5.41) is 8.26. The first-order chi connectivity index (χ1) is 12.5. The summed E-state index contributed by atoms with van der Waals surface area (Å²) in [6, 6.07) is 15.0. The van der Waals surface area contributed by atoms with Gasteiger partial charge >= 0.3 is 0 Å². The Morgan fingerprint density at radius 1 is 0.923 bits per heavy atom. The average Bonchev–Trinajstić information content (AvgIpc) is 3.48. The van der Waals surface area contributed by atoms with Crippen LogP contribution in [0.25, 0.3) is 0 Å². The number of rotatable bonds is 6. The van der Waals surface area contributed by atoms with Crippen LogP contribution in [0.3, 0.4) is 0 Å². The van der Waals surface area contributed by atoms with E-state index in [0.717, 1.165) is 12.8 Å². The monoisotopic (exact) mass is 351 g/mol. The molecule has 0 aromatic heterocycles. The van der Waals surface area contributed by atoms with Crippen molar-refractivity contribution in [2.45, 2.75) is 25.8 Å². The molecule has 1 fully saturated rings. The van der Waals surface area contributed by atoms with Gasteiger partial charge in [-0.1, -0.05) is 24.3 Å². The van der Waals surface area contributed by atoms with E-state index in [1.54, 1.807) is 55.5 Å². The highest BCUT2D eigenvalue weighted by atomic mass is 16.2. The SMILES string of the molecule is CC(NC(=O)c1ccccc1)C(=O)Nc1cccc(NC(=O)C2CC2)c1. The van der Waals surface area contributed by atoms with Gasteiger partial charge < -0.3 is 16.0 Å². The minimum absolute atomic E-state index is 0.0111. The molecule has 3 N–H and O–H groups in total. The van der Waals surface area contributed by atoms with Crippen molar-refractivity contribution in [3.05, 3.63) is 60.2 Å². The Kier molecular flexibility index (Phi) is 5.31. The van der Waals surface area contributed by atoms with Crippen LogP contribution >= 0.6 is 0 Å². The van der Waals surface area contributed by atoms with Gasteiger partial charge in [-0.2, -0.15) is 0 Å². The molecule has 1 saturated carbocycles. The number of carbonyl (C=O) groups is 3. The molecule has 134 valence electrons. The molecule has 26 heavy (non-hydrogen) atoms. The molecule has 2 aromatic rings. The second-order valence-corrected chi connectivity index (χ2v) is 6.39. The topological polar surface area (TPSA) is 87.3 Å². The summed E-state index contributed by atoms with van der Waals surface area (Å²) >= 11 is 0. The molecule has 1 aliphatic rings. The van der Waals surface area contributed by atoms with Crippen LogP contribution in [0.4, 0.5) is 11.4 Å². The lowest BCUT2D eigenvalue weighted by Crippen LogP contribution is -2.41. The Balaban J connectivity index is 1.56. The molecule has 1 atom stereocenters. The zero-order valence-corrected chi connectivity index (χ0v) is 14.5.